The topological polar surface area (TPSA) is 33.6 Å². The molecule has 0 aromatic carbocycles. The number of thiophene rings is 1. The first-order valence-corrected chi connectivity index (χ1v) is 6.90. The number of nitrogens with zero attached hydrogens (tertiary/aromatic N) is 2. The molecule has 1 N–H and O–H groups in total. The number of halogens is 1. The van der Waals surface area contributed by atoms with Gasteiger partial charge in [-0.3, -0.25) is 9.67 Å². The summed E-state index contributed by atoms with van der Waals surface area (Å²) < 4.78 is 3.75. The van der Waals surface area contributed by atoms with Crippen LogP contribution in [-0.4, -0.2) is 14.8 Å². The smallest absolute Gasteiger partial charge is 0.195 e. The molecule has 0 aliphatic heterocycles. The summed E-state index contributed by atoms with van der Waals surface area (Å²) in [5.74, 6) is 0.888. The van der Waals surface area contributed by atoms with E-state index < -0.39 is 0 Å². The Labute approximate surface area is 112 Å². The average Bonchev–Trinajstić information content (AvgIpc) is 2.69. The van der Waals surface area contributed by atoms with Gasteiger partial charge in [0, 0.05) is 10.0 Å². The van der Waals surface area contributed by atoms with E-state index in [-0.39, 0.29) is 5.54 Å². The van der Waals surface area contributed by atoms with E-state index in [1.807, 2.05) is 16.0 Å². The van der Waals surface area contributed by atoms with Crippen LogP contribution in [0.3, 0.4) is 0 Å². The maximum atomic E-state index is 5.27. The van der Waals surface area contributed by atoms with Gasteiger partial charge in [0.2, 0.25) is 0 Å². The lowest BCUT2D eigenvalue weighted by Crippen LogP contribution is -2.22. The fourth-order valence-electron chi connectivity index (χ4n) is 1.52. The summed E-state index contributed by atoms with van der Waals surface area (Å²) in [5, 5.41) is 9.20. The van der Waals surface area contributed by atoms with Crippen LogP contribution in [0.15, 0.2) is 15.9 Å². The highest BCUT2D eigenvalue weighted by Gasteiger charge is 2.22. The van der Waals surface area contributed by atoms with E-state index in [1.54, 1.807) is 11.3 Å². The highest BCUT2D eigenvalue weighted by atomic mass is 79.9. The summed E-state index contributed by atoms with van der Waals surface area (Å²) in [7, 11) is 0. The Morgan fingerprint density at radius 2 is 2.19 bits per heavy atom. The SMILES string of the molecule is CC(C)(C)n1c(-c2sccc2Br)n[nH]c1=S. The summed E-state index contributed by atoms with van der Waals surface area (Å²) in [4.78, 5) is 1.10. The van der Waals surface area contributed by atoms with Crippen molar-refractivity contribution in [3.63, 3.8) is 0 Å². The number of rotatable bonds is 1. The van der Waals surface area contributed by atoms with Gasteiger partial charge >= 0.3 is 0 Å². The van der Waals surface area contributed by atoms with Gasteiger partial charge in [-0.05, 0) is 60.4 Å². The van der Waals surface area contributed by atoms with Gasteiger partial charge in [0.1, 0.15) is 0 Å². The molecule has 3 nitrogen and oxygen atoms in total. The van der Waals surface area contributed by atoms with Gasteiger partial charge in [-0.1, -0.05) is 0 Å². The number of nitrogens with one attached hydrogen (secondary N) is 1. The Balaban J connectivity index is 2.69. The minimum atomic E-state index is -0.0805. The van der Waals surface area contributed by atoms with Crippen LogP contribution in [0.2, 0.25) is 0 Å². The van der Waals surface area contributed by atoms with Gasteiger partial charge in [0.15, 0.2) is 10.6 Å². The Kier molecular flexibility index (Phi) is 3.07. The second kappa shape index (κ2) is 4.09. The fraction of sp³-hybridized carbons (Fsp3) is 0.400. The molecule has 86 valence electrons. The molecule has 2 heterocycles. The lowest BCUT2D eigenvalue weighted by molar-refractivity contribution is 0.396. The highest BCUT2D eigenvalue weighted by Crippen LogP contribution is 2.34. The van der Waals surface area contributed by atoms with Gasteiger partial charge in [-0.15, -0.1) is 11.3 Å². The molecular weight excluding hydrogens is 306 g/mol. The second-order valence-electron chi connectivity index (χ2n) is 4.46. The van der Waals surface area contributed by atoms with Crippen molar-refractivity contribution in [3.05, 3.63) is 20.7 Å². The van der Waals surface area contributed by atoms with Gasteiger partial charge in [0.25, 0.3) is 0 Å². The standard InChI is InChI=1S/C10H12BrN3S2/c1-10(2,3)14-8(12-13-9(14)15)7-6(11)4-5-16-7/h4-5H,1-3H3,(H,13,15). The Bertz CT molecular complexity index is 559. The summed E-state index contributed by atoms with van der Waals surface area (Å²) in [5.41, 5.74) is -0.0805. The van der Waals surface area contributed by atoms with Crippen LogP contribution in [0.25, 0.3) is 10.7 Å². The van der Waals surface area contributed by atoms with Crippen LogP contribution in [0.1, 0.15) is 20.8 Å². The molecular formula is C10H12BrN3S2. The molecule has 2 rings (SSSR count). The van der Waals surface area contributed by atoms with E-state index in [0.717, 1.165) is 15.2 Å². The van der Waals surface area contributed by atoms with Crippen molar-refractivity contribution >= 4 is 39.5 Å². The molecule has 0 saturated heterocycles. The van der Waals surface area contributed by atoms with Crippen molar-refractivity contribution in [1.29, 1.82) is 0 Å². The molecule has 0 aliphatic carbocycles. The van der Waals surface area contributed by atoms with E-state index in [9.17, 15) is 0 Å². The zero-order valence-corrected chi connectivity index (χ0v) is 12.5. The number of aromatic amines is 1. The molecule has 0 saturated carbocycles. The largest absolute Gasteiger partial charge is 0.294 e. The van der Waals surface area contributed by atoms with Crippen LogP contribution in [0.4, 0.5) is 0 Å². The van der Waals surface area contributed by atoms with Crippen molar-refractivity contribution in [1.82, 2.24) is 14.8 Å². The summed E-state index contributed by atoms with van der Waals surface area (Å²) >= 11 is 10.4. The molecule has 16 heavy (non-hydrogen) atoms. The molecule has 6 heteroatoms. The monoisotopic (exact) mass is 317 g/mol. The molecule has 0 unspecified atom stereocenters. The number of H-pyrrole nitrogens is 1. The number of hydrogen-bond acceptors (Lipinski definition) is 3. The zero-order valence-electron chi connectivity index (χ0n) is 9.24. The Hall–Kier alpha value is -0.460. The maximum absolute atomic E-state index is 5.27. The van der Waals surface area contributed by atoms with E-state index >= 15 is 0 Å². The van der Waals surface area contributed by atoms with Crippen molar-refractivity contribution in [3.8, 4) is 10.7 Å². The zero-order chi connectivity index (χ0) is 11.9. The quantitative estimate of drug-likeness (QED) is 0.800. The molecule has 0 amide bonds. The third kappa shape index (κ3) is 2.01. The Morgan fingerprint density at radius 3 is 2.69 bits per heavy atom. The van der Waals surface area contributed by atoms with Gasteiger partial charge in [0.05, 0.1) is 4.88 Å². The van der Waals surface area contributed by atoms with Gasteiger partial charge in [-0.2, -0.15) is 5.10 Å². The molecule has 0 bridgehead atoms. The summed E-state index contributed by atoms with van der Waals surface area (Å²) in [6.07, 6.45) is 0. The van der Waals surface area contributed by atoms with Crippen molar-refractivity contribution in [2.45, 2.75) is 26.3 Å². The van der Waals surface area contributed by atoms with Crippen molar-refractivity contribution in [2.24, 2.45) is 0 Å². The third-order valence-corrected chi connectivity index (χ3v) is 4.27. The van der Waals surface area contributed by atoms with E-state index in [2.05, 4.69) is 46.9 Å². The first-order valence-electron chi connectivity index (χ1n) is 4.82. The predicted octanol–water partition coefficient (Wildman–Crippen LogP) is 4.19. The fourth-order valence-corrected chi connectivity index (χ4v) is 3.46. The molecule has 0 spiro atoms. The predicted molar refractivity (Wildman–Crippen MR) is 73.4 cm³/mol. The van der Waals surface area contributed by atoms with Crippen LogP contribution in [0, 0.1) is 4.77 Å². The first-order chi connectivity index (χ1) is 7.41. The van der Waals surface area contributed by atoms with Crippen molar-refractivity contribution in [2.75, 3.05) is 0 Å². The van der Waals surface area contributed by atoms with E-state index in [1.165, 1.54) is 0 Å². The highest BCUT2D eigenvalue weighted by molar-refractivity contribution is 9.10. The molecule has 0 atom stereocenters. The van der Waals surface area contributed by atoms with E-state index in [4.69, 9.17) is 12.2 Å². The second-order valence-corrected chi connectivity index (χ2v) is 6.61. The summed E-state index contributed by atoms with van der Waals surface area (Å²) in [6.45, 7) is 6.34. The number of aromatic nitrogens is 3. The number of hydrogen-bond donors (Lipinski definition) is 1. The lowest BCUT2D eigenvalue weighted by Gasteiger charge is -2.22. The van der Waals surface area contributed by atoms with E-state index in [0.29, 0.717) is 4.77 Å². The van der Waals surface area contributed by atoms with Crippen LogP contribution in [0.5, 0.6) is 0 Å². The Morgan fingerprint density at radius 1 is 1.50 bits per heavy atom. The molecule has 0 radical (unpaired) electrons. The molecule has 0 aliphatic rings. The molecule has 2 aromatic heterocycles. The van der Waals surface area contributed by atoms with Crippen LogP contribution in [-0.2, 0) is 5.54 Å². The van der Waals surface area contributed by atoms with Crippen LogP contribution < -0.4 is 0 Å². The van der Waals surface area contributed by atoms with Gasteiger partial charge in [-0.25, -0.2) is 0 Å². The normalized spacial score (nSPS) is 12.0. The summed E-state index contributed by atoms with van der Waals surface area (Å²) in [6, 6.07) is 2.02. The average molecular weight is 318 g/mol. The lowest BCUT2D eigenvalue weighted by atomic mass is 10.1. The van der Waals surface area contributed by atoms with Crippen LogP contribution >= 0.6 is 39.5 Å². The first kappa shape index (κ1) is 12.0. The van der Waals surface area contributed by atoms with Crippen molar-refractivity contribution < 1.29 is 0 Å². The maximum Gasteiger partial charge on any atom is 0.195 e. The molecule has 0 fully saturated rings. The minimum absolute atomic E-state index is 0.0805. The van der Waals surface area contributed by atoms with Gasteiger partial charge < -0.3 is 0 Å². The minimum Gasteiger partial charge on any atom is -0.294 e. The third-order valence-electron chi connectivity index (χ3n) is 2.16. The molecule has 2 aromatic rings.